The van der Waals surface area contributed by atoms with Crippen LogP contribution in [0.2, 0.25) is 0 Å². The SMILES string of the molecule is CCCCCSC1=NS(=O)(=O)c2cc(C)ccc2N1. The summed E-state index contributed by atoms with van der Waals surface area (Å²) in [6.45, 7) is 4.01. The van der Waals surface area contributed by atoms with Gasteiger partial charge in [-0.3, -0.25) is 0 Å². The van der Waals surface area contributed by atoms with Crippen molar-refractivity contribution in [1.82, 2.24) is 0 Å². The summed E-state index contributed by atoms with van der Waals surface area (Å²) in [7, 11) is -3.55. The van der Waals surface area contributed by atoms with Crippen molar-refractivity contribution in [3.8, 4) is 0 Å². The number of sulfonamides is 1. The number of benzene rings is 1. The first kappa shape index (κ1) is 14.4. The van der Waals surface area contributed by atoms with E-state index in [1.807, 2.05) is 13.0 Å². The third kappa shape index (κ3) is 3.51. The van der Waals surface area contributed by atoms with Gasteiger partial charge in [-0.2, -0.15) is 8.42 Å². The molecule has 0 amide bonds. The molecular weight excluding hydrogens is 280 g/mol. The standard InChI is InChI=1S/C13H18N2O2S2/c1-3-4-5-8-18-13-14-11-7-6-10(2)9-12(11)19(16,17)15-13/h6-7,9H,3-5,8H2,1-2H3,(H,14,15). The van der Waals surface area contributed by atoms with E-state index in [0.717, 1.165) is 30.6 Å². The fourth-order valence-electron chi connectivity index (χ4n) is 1.83. The van der Waals surface area contributed by atoms with Gasteiger partial charge in [-0.05, 0) is 31.0 Å². The van der Waals surface area contributed by atoms with Crippen molar-refractivity contribution in [2.75, 3.05) is 11.1 Å². The van der Waals surface area contributed by atoms with E-state index < -0.39 is 10.0 Å². The van der Waals surface area contributed by atoms with Gasteiger partial charge in [-0.25, -0.2) is 0 Å². The van der Waals surface area contributed by atoms with Crippen LogP contribution in [0.3, 0.4) is 0 Å². The van der Waals surface area contributed by atoms with Crippen molar-refractivity contribution in [1.29, 1.82) is 0 Å². The normalized spacial score (nSPS) is 16.4. The summed E-state index contributed by atoms with van der Waals surface area (Å²) in [4.78, 5) is 0.269. The number of nitrogens with zero attached hydrogens (tertiary/aromatic N) is 1. The van der Waals surface area contributed by atoms with Crippen molar-refractivity contribution in [3.63, 3.8) is 0 Å². The number of fused-ring (bicyclic) bond motifs is 1. The van der Waals surface area contributed by atoms with Crippen LogP contribution in [-0.4, -0.2) is 19.3 Å². The summed E-state index contributed by atoms with van der Waals surface area (Å²) in [5, 5.41) is 3.57. The number of anilines is 1. The van der Waals surface area contributed by atoms with Crippen LogP contribution in [-0.2, 0) is 10.0 Å². The molecule has 1 N–H and O–H groups in total. The molecule has 4 nitrogen and oxygen atoms in total. The van der Waals surface area contributed by atoms with Gasteiger partial charge in [-0.1, -0.05) is 37.6 Å². The predicted octanol–water partition coefficient (Wildman–Crippen LogP) is 3.39. The molecule has 2 rings (SSSR count). The fourth-order valence-corrected chi connectivity index (χ4v) is 4.15. The summed E-state index contributed by atoms with van der Waals surface area (Å²) in [5.74, 6) is 0.885. The second kappa shape index (κ2) is 5.96. The molecule has 0 spiro atoms. The van der Waals surface area contributed by atoms with E-state index in [9.17, 15) is 8.42 Å². The van der Waals surface area contributed by atoms with Gasteiger partial charge < -0.3 is 5.32 Å². The quantitative estimate of drug-likeness (QED) is 0.866. The molecule has 0 saturated heterocycles. The molecule has 0 aromatic heterocycles. The largest absolute Gasteiger partial charge is 0.333 e. The lowest BCUT2D eigenvalue weighted by Crippen LogP contribution is -2.19. The Morgan fingerprint density at radius 3 is 2.84 bits per heavy atom. The zero-order valence-electron chi connectivity index (χ0n) is 11.1. The number of rotatable bonds is 4. The summed E-state index contributed by atoms with van der Waals surface area (Å²) in [6.07, 6.45) is 3.38. The lowest BCUT2D eigenvalue weighted by atomic mass is 10.2. The third-order valence-corrected chi connectivity index (χ3v) is 5.24. The smallest absolute Gasteiger partial charge is 0.286 e. The third-order valence-electron chi connectivity index (χ3n) is 2.85. The predicted molar refractivity (Wildman–Crippen MR) is 81.4 cm³/mol. The average Bonchev–Trinajstić information content (AvgIpc) is 2.35. The van der Waals surface area contributed by atoms with Crippen LogP contribution in [0.1, 0.15) is 31.7 Å². The summed E-state index contributed by atoms with van der Waals surface area (Å²) in [6, 6.07) is 5.34. The highest BCUT2D eigenvalue weighted by Crippen LogP contribution is 2.30. The van der Waals surface area contributed by atoms with E-state index in [1.54, 1.807) is 12.1 Å². The van der Waals surface area contributed by atoms with Crippen LogP contribution < -0.4 is 5.32 Å². The zero-order chi connectivity index (χ0) is 13.9. The number of amidine groups is 1. The van der Waals surface area contributed by atoms with Crippen LogP contribution >= 0.6 is 11.8 Å². The molecule has 1 aliphatic heterocycles. The van der Waals surface area contributed by atoms with E-state index in [2.05, 4.69) is 16.6 Å². The molecule has 0 unspecified atom stereocenters. The van der Waals surface area contributed by atoms with Crippen LogP contribution in [0, 0.1) is 6.92 Å². The summed E-state index contributed by atoms with van der Waals surface area (Å²) < 4.78 is 28.0. The molecule has 0 aliphatic carbocycles. The van der Waals surface area contributed by atoms with Gasteiger partial charge in [0.1, 0.15) is 4.90 Å². The second-order valence-corrected chi connectivity index (χ2v) is 7.21. The lowest BCUT2D eigenvalue weighted by Gasteiger charge is -2.17. The Morgan fingerprint density at radius 2 is 2.11 bits per heavy atom. The van der Waals surface area contributed by atoms with E-state index >= 15 is 0 Å². The first-order valence-corrected chi connectivity index (χ1v) is 8.81. The van der Waals surface area contributed by atoms with Gasteiger partial charge >= 0.3 is 0 Å². The zero-order valence-corrected chi connectivity index (χ0v) is 12.8. The van der Waals surface area contributed by atoms with Gasteiger partial charge in [0.25, 0.3) is 10.0 Å². The number of aryl methyl sites for hydroxylation is 1. The lowest BCUT2D eigenvalue weighted by molar-refractivity contribution is 0.598. The van der Waals surface area contributed by atoms with Crippen molar-refractivity contribution in [2.24, 2.45) is 4.40 Å². The Morgan fingerprint density at radius 1 is 1.32 bits per heavy atom. The Balaban J connectivity index is 2.15. The van der Waals surface area contributed by atoms with Gasteiger partial charge in [0.2, 0.25) is 0 Å². The van der Waals surface area contributed by atoms with Gasteiger partial charge in [-0.15, -0.1) is 4.40 Å². The van der Waals surface area contributed by atoms with Gasteiger partial charge in [0.15, 0.2) is 5.17 Å². The molecule has 1 aromatic rings. The first-order valence-electron chi connectivity index (χ1n) is 6.38. The maximum Gasteiger partial charge on any atom is 0.286 e. The highest BCUT2D eigenvalue weighted by Gasteiger charge is 2.24. The molecule has 1 aliphatic rings. The van der Waals surface area contributed by atoms with Crippen molar-refractivity contribution in [3.05, 3.63) is 23.8 Å². The number of nitrogens with one attached hydrogen (secondary N) is 1. The second-order valence-electron chi connectivity index (χ2n) is 4.55. The van der Waals surface area contributed by atoms with E-state index in [0.29, 0.717) is 10.9 Å². The van der Waals surface area contributed by atoms with Crippen LogP contribution in [0.5, 0.6) is 0 Å². The fraction of sp³-hybridized carbons (Fsp3) is 0.462. The summed E-state index contributed by atoms with van der Waals surface area (Å²) in [5.41, 5.74) is 1.54. The van der Waals surface area contributed by atoms with Crippen molar-refractivity contribution >= 4 is 32.6 Å². The number of unbranched alkanes of at least 4 members (excludes halogenated alkanes) is 2. The molecule has 0 fully saturated rings. The van der Waals surface area contributed by atoms with E-state index in [-0.39, 0.29) is 4.90 Å². The monoisotopic (exact) mass is 298 g/mol. The molecule has 104 valence electrons. The van der Waals surface area contributed by atoms with Crippen LogP contribution in [0.25, 0.3) is 0 Å². The molecule has 0 atom stereocenters. The minimum Gasteiger partial charge on any atom is -0.333 e. The Labute approximate surface area is 118 Å². The molecule has 0 radical (unpaired) electrons. The number of hydrogen-bond donors (Lipinski definition) is 1. The molecule has 6 heteroatoms. The van der Waals surface area contributed by atoms with E-state index in [1.165, 1.54) is 11.8 Å². The average molecular weight is 298 g/mol. The highest BCUT2D eigenvalue weighted by atomic mass is 32.2. The molecule has 1 aromatic carbocycles. The van der Waals surface area contributed by atoms with Crippen LogP contribution in [0.4, 0.5) is 5.69 Å². The maximum absolute atomic E-state index is 12.1. The number of thioether (sulfide) groups is 1. The van der Waals surface area contributed by atoms with Crippen molar-refractivity contribution < 1.29 is 8.42 Å². The highest BCUT2D eigenvalue weighted by molar-refractivity contribution is 8.14. The molecular formula is C13H18N2O2S2. The van der Waals surface area contributed by atoms with Crippen molar-refractivity contribution in [2.45, 2.75) is 38.0 Å². The maximum atomic E-state index is 12.1. The minimum absolute atomic E-state index is 0.269. The molecule has 1 heterocycles. The first-order chi connectivity index (χ1) is 9.03. The molecule has 19 heavy (non-hydrogen) atoms. The Bertz CT molecular complexity index is 595. The van der Waals surface area contributed by atoms with E-state index in [4.69, 9.17) is 0 Å². The molecule has 0 saturated carbocycles. The van der Waals surface area contributed by atoms with Gasteiger partial charge in [0, 0.05) is 5.75 Å². The summed E-state index contributed by atoms with van der Waals surface area (Å²) >= 11 is 1.47. The Kier molecular flexibility index (Phi) is 4.52. The van der Waals surface area contributed by atoms with Crippen LogP contribution in [0.15, 0.2) is 27.5 Å². The minimum atomic E-state index is -3.55. The molecule has 0 bridgehead atoms. The number of hydrogen-bond acceptors (Lipinski definition) is 4. The Hall–Kier alpha value is -1.01. The van der Waals surface area contributed by atoms with Gasteiger partial charge in [0.05, 0.1) is 5.69 Å². The topological polar surface area (TPSA) is 58.5 Å².